The molecule has 0 radical (unpaired) electrons. The van der Waals surface area contributed by atoms with Crippen LogP contribution in [0.3, 0.4) is 0 Å². The summed E-state index contributed by atoms with van der Waals surface area (Å²) in [6.45, 7) is 0.784. The van der Waals surface area contributed by atoms with Gasteiger partial charge in [-0.25, -0.2) is 29.6 Å². The lowest BCUT2D eigenvalue weighted by Gasteiger charge is -2.12. The highest BCUT2D eigenvalue weighted by atomic mass is 19.4. The van der Waals surface area contributed by atoms with E-state index in [2.05, 4.69) is 34.8 Å². The first-order chi connectivity index (χ1) is 19.6. The number of fused-ring (bicyclic) bond motifs is 1. The highest BCUT2D eigenvalue weighted by Crippen LogP contribution is 2.45. The lowest BCUT2D eigenvalue weighted by molar-refractivity contribution is -0.140. The van der Waals surface area contributed by atoms with Crippen molar-refractivity contribution in [2.75, 3.05) is 0 Å². The van der Waals surface area contributed by atoms with Crippen molar-refractivity contribution in [3.05, 3.63) is 66.1 Å². The normalized spacial score (nSPS) is 14.0. The van der Waals surface area contributed by atoms with Gasteiger partial charge >= 0.3 is 12.8 Å². The number of hydrogen-bond acceptors (Lipinski definition) is 7. The van der Waals surface area contributed by atoms with E-state index in [-0.39, 0.29) is 41.6 Å². The van der Waals surface area contributed by atoms with Crippen LogP contribution in [0.1, 0.15) is 55.6 Å². The summed E-state index contributed by atoms with van der Waals surface area (Å²) in [7, 11) is 0. The Kier molecular flexibility index (Phi) is 6.62. The number of aromatic nitrogens is 8. The molecule has 1 aromatic carbocycles. The second-order valence-corrected chi connectivity index (χ2v) is 10.0. The van der Waals surface area contributed by atoms with Gasteiger partial charge in [0, 0.05) is 29.9 Å². The summed E-state index contributed by atoms with van der Waals surface area (Å²) in [5.74, 6) is 0.175. The van der Waals surface area contributed by atoms with Crippen molar-refractivity contribution in [1.82, 2.24) is 39.3 Å². The zero-order chi connectivity index (χ0) is 28.9. The fourth-order valence-corrected chi connectivity index (χ4v) is 4.60. The second-order valence-electron chi connectivity index (χ2n) is 10.0. The van der Waals surface area contributed by atoms with E-state index in [1.807, 2.05) is 0 Å². The maximum Gasteiger partial charge on any atom is 0.434 e. The van der Waals surface area contributed by atoms with Crippen LogP contribution in [-0.2, 0) is 12.7 Å². The molecular weight excluding hydrogens is 547 g/mol. The van der Waals surface area contributed by atoms with Crippen molar-refractivity contribution < 1.29 is 26.7 Å². The maximum absolute atomic E-state index is 13.3. The Bertz CT molecular complexity index is 1710. The molecule has 0 aliphatic heterocycles. The number of imidazole rings is 1. The van der Waals surface area contributed by atoms with Gasteiger partial charge in [-0.1, -0.05) is 24.3 Å². The van der Waals surface area contributed by atoms with Gasteiger partial charge in [-0.3, -0.25) is 0 Å². The fourth-order valence-electron chi connectivity index (χ4n) is 4.60. The predicted octanol–water partition coefficient (Wildman–Crippen LogP) is 6.27. The number of rotatable bonds is 8. The zero-order valence-corrected chi connectivity index (χ0v) is 21.8. The van der Waals surface area contributed by atoms with Gasteiger partial charge in [0.1, 0.15) is 17.7 Å². The van der Waals surface area contributed by atoms with Crippen molar-refractivity contribution in [3.8, 4) is 28.7 Å². The molecule has 0 atom stereocenters. The molecule has 0 bridgehead atoms. The monoisotopic (exact) mass is 570 g/mol. The minimum atomic E-state index is -4.55. The molecule has 4 aromatic heterocycles. The average molecular weight is 571 g/mol. The average Bonchev–Trinajstić information content (AvgIpc) is 3.54. The summed E-state index contributed by atoms with van der Waals surface area (Å²) in [4.78, 5) is 21.0. The summed E-state index contributed by atoms with van der Waals surface area (Å²) in [6, 6.07) is 6.75. The van der Waals surface area contributed by atoms with Gasteiger partial charge in [-0.15, -0.1) is 0 Å². The molecule has 14 heteroatoms. The Morgan fingerprint density at radius 1 is 1.00 bits per heavy atom. The molecule has 4 heterocycles. The van der Waals surface area contributed by atoms with Gasteiger partial charge < -0.3 is 9.30 Å². The third-order valence-corrected chi connectivity index (χ3v) is 6.73. The standard InChI is InChI=1S/C27H23F5N8O/c1-14(2)39-12-19(27(30,31)32)37-23(39)17-5-3-15(4-6-17)11-40-24-18(10-36-40)9-33-22(38-24)20-21(16-7-8-16)34-13-35-25(20)41-26(28)29/h3-6,9-10,12-14,16,26H,7-8,11H2,1-2H3. The molecule has 1 fully saturated rings. The summed E-state index contributed by atoms with van der Waals surface area (Å²) in [5.41, 5.74) is 1.65. The molecular formula is C27H23F5N8O. The Balaban J connectivity index is 1.32. The number of ether oxygens (including phenoxy) is 1. The second kappa shape index (κ2) is 10.2. The van der Waals surface area contributed by atoms with E-state index in [1.165, 1.54) is 10.9 Å². The minimum Gasteiger partial charge on any atom is -0.416 e. The first-order valence-corrected chi connectivity index (χ1v) is 12.8. The summed E-state index contributed by atoms with van der Waals surface area (Å²) < 4.78 is 74.0. The van der Waals surface area contributed by atoms with E-state index in [0.29, 0.717) is 22.3 Å². The van der Waals surface area contributed by atoms with Crippen molar-refractivity contribution in [1.29, 1.82) is 0 Å². The predicted molar refractivity (Wildman–Crippen MR) is 137 cm³/mol. The highest BCUT2D eigenvalue weighted by molar-refractivity contribution is 5.77. The minimum absolute atomic E-state index is 0.0919. The van der Waals surface area contributed by atoms with E-state index >= 15 is 0 Å². The van der Waals surface area contributed by atoms with Crippen LogP contribution >= 0.6 is 0 Å². The van der Waals surface area contributed by atoms with E-state index in [1.54, 1.807) is 55.2 Å². The van der Waals surface area contributed by atoms with Crippen molar-refractivity contribution >= 4 is 11.0 Å². The number of alkyl halides is 5. The lowest BCUT2D eigenvalue weighted by atomic mass is 10.1. The molecule has 0 spiro atoms. The van der Waals surface area contributed by atoms with Crippen molar-refractivity contribution in [3.63, 3.8) is 0 Å². The van der Waals surface area contributed by atoms with E-state index < -0.39 is 18.5 Å². The molecule has 212 valence electrons. The SMILES string of the molecule is CC(C)n1cc(C(F)(F)F)nc1-c1ccc(Cn2ncc3cnc(-c4c(OC(F)F)ncnc4C4CC4)nc32)cc1. The van der Waals surface area contributed by atoms with Gasteiger partial charge in [0.15, 0.2) is 17.2 Å². The summed E-state index contributed by atoms with van der Waals surface area (Å²) in [6.07, 6.45) is 2.53. The number of hydrogen-bond donors (Lipinski definition) is 0. The third kappa shape index (κ3) is 5.33. The van der Waals surface area contributed by atoms with Crippen LogP contribution in [-0.4, -0.2) is 45.9 Å². The van der Waals surface area contributed by atoms with E-state index in [9.17, 15) is 22.0 Å². The molecule has 1 saturated carbocycles. The summed E-state index contributed by atoms with van der Waals surface area (Å²) >= 11 is 0. The van der Waals surface area contributed by atoms with Crippen LogP contribution in [0.25, 0.3) is 33.8 Å². The van der Waals surface area contributed by atoms with Crippen LogP contribution in [0, 0.1) is 0 Å². The van der Waals surface area contributed by atoms with Gasteiger partial charge in [0.2, 0.25) is 5.88 Å². The molecule has 41 heavy (non-hydrogen) atoms. The maximum atomic E-state index is 13.3. The van der Waals surface area contributed by atoms with Crippen molar-refractivity contribution in [2.24, 2.45) is 0 Å². The summed E-state index contributed by atoms with van der Waals surface area (Å²) in [5, 5.41) is 5.03. The van der Waals surface area contributed by atoms with E-state index in [0.717, 1.165) is 24.6 Å². The highest BCUT2D eigenvalue weighted by Gasteiger charge is 2.35. The Morgan fingerprint density at radius 2 is 1.76 bits per heavy atom. The van der Waals surface area contributed by atoms with Crippen LogP contribution in [0.15, 0.2) is 49.2 Å². The first kappa shape index (κ1) is 26.7. The topological polar surface area (TPSA) is 96.4 Å². The molecule has 5 aromatic rings. The zero-order valence-electron chi connectivity index (χ0n) is 21.8. The van der Waals surface area contributed by atoms with Crippen molar-refractivity contribution in [2.45, 2.75) is 58.0 Å². The third-order valence-electron chi connectivity index (χ3n) is 6.73. The van der Waals surface area contributed by atoms with Crippen LogP contribution in [0.2, 0.25) is 0 Å². The molecule has 1 aliphatic rings. The largest absolute Gasteiger partial charge is 0.434 e. The van der Waals surface area contributed by atoms with Crippen LogP contribution < -0.4 is 4.74 Å². The molecule has 9 nitrogen and oxygen atoms in total. The van der Waals surface area contributed by atoms with Gasteiger partial charge in [0.05, 0.1) is 23.8 Å². The number of benzene rings is 1. The van der Waals surface area contributed by atoms with Gasteiger partial charge in [0.25, 0.3) is 0 Å². The Morgan fingerprint density at radius 3 is 2.41 bits per heavy atom. The quantitative estimate of drug-likeness (QED) is 0.203. The first-order valence-electron chi connectivity index (χ1n) is 12.8. The molecule has 0 N–H and O–H groups in total. The smallest absolute Gasteiger partial charge is 0.416 e. The van der Waals surface area contributed by atoms with E-state index in [4.69, 9.17) is 0 Å². The fraction of sp³-hybridized carbons (Fsp3) is 0.333. The lowest BCUT2D eigenvalue weighted by Crippen LogP contribution is -2.09. The molecule has 0 amide bonds. The van der Waals surface area contributed by atoms with Gasteiger partial charge in [-0.2, -0.15) is 27.1 Å². The number of halogens is 5. The molecule has 0 saturated heterocycles. The van der Waals surface area contributed by atoms with Crippen LogP contribution in [0.5, 0.6) is 5.88 Å². The molecule has 6 rings (SSSR count). The molecule has 0 unspecified atom stereocenters. The Labute approximate surface area is 230 Å². The Hall–Kier alpha value is -4.49. The van der Waals surface area contributed by atoms with Gasteiger partial charge in [-0.05, 0) is 32.3 Å². The van der Waals surface area contributed by atoms with Crippen LogP contribution in [0.4, 0.5) is 22.0 Å². The number of nitrogens with zero attached hydrogens (tertiary/aromatic N) is 8. The molecule has 1 aliphatic carbocycles.